The average molecular weight is 501 g/mol. The van der Waals surface area contributed by atoms with E-state index in [-0.39, 0.29) is 17.8 Å². The lowest BCUT2D eigenvalue weighted by molar-refractivity contribution is -0.119. The van der Waals surface area contributed by atoms with Crippen molar-refractivity contribution in [1.82, 2.24) is 35.4 Å². The quantitative estimate of drug-likeness (QED) is 0.256. The molecule has 1 aliphatic rings. The SMILES string of the molecule is Cc1cccc(NC(=S)NNC(=O)CSc2nnc(-c3ccn(C)n3)n2C[C@@H]2CCCO2)c1C. The molecule has 34 heavy (non-hydrogen) atoms. The Bertz CT molecular complexity index is 1170. The highest BCUT2D eigenvalue weighted by atomic mass is 32.2. The summed E-state index contributed by atoms with van der Waals surface area (Å²) in [4.78, 5) is 12.5. The van der Waals surface area contributed by atoms with E-state index in [1.807, 2.05) is 55.9 Å². The summed E-state index contributed by atoms with van der Waals surface area (Å²) in [5.41, 5.74) is 9.26. The number of aryl methyl sites for hydroxylation is 2. The summed E-state index contributed by atoms with van der Waals surface area (Å²) < 4.78 is 9.52. The predicted molar refractivity (Wildman–Crippen MR) is 135 cm³/mol. The van der Waals surface area contributed by atoms with Crippen LogP contribution >= 0.6 is 24.0 Å². The topological polar surface area (TPSA) is 111 Å². The van der Waals surface area contributed by atoms with Crippen molar-refractivity contribution in [3.63, 3.8) is 0 Å². The van der Waals surface area contributed by atoms with Gasteiger partial charge in [-0.1, -0.05) is 23.9 Å². The maximum Gasteiger partial charge on any atom is 0.248 e. The second kappa shape index (κ2) is 11.0. The van der Waals surface area contributed by atoms with Crippen LogP contribution in [-0.2, 0) is 23.1 Å². The fraction of sp³-hybridized carbons (Fsp3) is 0.409. The lowest BCUT2D eigenvalue weighted by atomic mass is 10.1. The molecule has 12 heteroatoms. The van der Waals surface area contributed by atoms with E-state index in [1.54, 1.807) is 4.68 Å². The summed E-state index contributed by atoms with van der Waals surface area (Å²) in [6, 6.07) is 7.82. The van der Waals surface area contributed by atoms with Crippen LogP contribution in [0.2, 0.25) is 0 Å². The number of carbonyl (C=O) groups excluding carboxylic acids is 1. The fourth-order valence-electron chi connectivity index (χ4n) is 3.61. The van der Waals surface area contributed by atoms with Gasteiger partial charge in [-0.3, -0.25) is 24.9 Å². The minimum absolute atomic E-state index is 0.0989. The molecule has 1 aromatic carbocycles. The van der Waals surface area contributed by atoms with E-state index in [4.69, 9.17) is 17.0 Å². The normalized spacial score (nSPS) is 15.3. The Morgan fingerprint density at radius 2 is 2.12 bits per heavy atom. The molecule has 1 aliphatic heterocycles. The molecule has 3 heterocycles. The number of amides is 1. The molecule has 1 amide bonds. The lowest BCUT2D eigenvalue weighted by Crippen LogP contribution is -2.44. The van der Waals surface area contributed by atoms with Crippen LogP contribution < -0.4 is 16.2 Å². The Labute approximate surface area is 207 Å². The lowest BCUT2D eigenvalue weighted by Gasteiger charge is -2.15. The number of nitrogens with zero attached hydrogens (tertiary/aromatic N) is 5. The molecule has 0 bridgehead atoms. The molecule has 0 unspecified atom stereocenters. The first-order valence-corrected chi connectivity index (χ1v) is 12.4. The standard InChI is InChI=1S/C22H28N8O2S2/c1-14-6-4-8-17(15(14)2)23-21(33)26-24-19(31)13-34-22-27-25-20(18-9-10-29(3)28-18)30(22)12-16-7-5-11-32-16/h4,6,8-10,16H,5,7,11-13H2,1-3H3,(H,24,31)(H2,23,26,33)/t16-/m0/s1. The van der Waals surface area contributed by atoms with Gasteiger partial charge in [-0.25, -0.2) is 0 Å². The fourth-order valence-corrected chi connectivity index (χ4v) is 4.52. The molecule has 0 aliphatic carbocycles. The molecule has 1 saturated heterocycles. The number of hydrogen-bond donors (Lipinski definition) is 3. The van der Waals surface area contributed by atoms with Gasteiger partial charge in [0, 0.05) is 25.5 Å². The third kappa shape index (κ3) is 5.93. The summed E-state index contributed by atoms with van der Waals surface area (Å²) in [6.45, 7) is 5.43. The number of benzene rings is 1. The number of thioether (sulfide) groups is 1. The van der Waals surface area contributed by atoms with E-state index >= 15 is 0 Å². The summed E-state index contributed by atoms with van der Waals surface area (Å²) in [6.07, 6.45) is 3.99. The highest BCUT2D eigenvalue weighted by Gasteiger charge is 2.23. The molecule has 0 saturated carbocycles. The Morgan fingerprint density at radius 3 is 2.85 bits per heavy atom. The van der Waals surface area contributed by atoms with E-state index in [2.05, 4.69) is 31.5 Å². The molecule has 0 radical (unpaired) electrons. The number of hydrogen-bond acceptors (Lipinski definition) is 7. The summed E-state index contributed by atoms with van der Waals surface area (Å²) in [5.74, 6) is 0.572. The van der Waals surface area contributed by atoms with Gasteiger partial charge in [-0.15, -0.1) is 10.2 Å². The van der Waals surface area contributed by atoms with E-state index in [1.165, 1.54) is 11.8 Å². The molecule has 3 aromatic rings. The second-order valence-corrected chi connectivity index (χ2v) is 9.44. The molecule has 2 aromatic heterocycles. The van der Waals surface area contributed by atoms with E-state index in [0.29, 0.717) is 22.6 Å². The van der Waals surface area contributed by atoms with Crippen LogP contribution in [0.3, 0.4) is 0 Å². The van der Waals surface area contributed by atoms with Crippen molar-refractivity contribution in [2.45, 2.75) is 44.5 Å². The minimum Gasteiger partial charge on any atom is -0.376 e. The third-order valence-electron chi connectivity index (χ3n) is 5.57. The van der Waals surface area contributed by atoms with Gasteiger partial charge in [0.15, 0.2) is 16.1 Å². The first kappa shape index (κ1) is 24.2. The summed E-state index contributed by atoms with van der Waals surface area (Å²) >= 11 is 6.61. The molecule has 0 spiro atoms. The molecule has 4 rings (SSSR count). The van der Waals surface area contributed by atoms with E-state index in [0.717, 1.165) is 42.0 Å². The Kier molecular flexibility index (Phi) is 7.80. The molecular weight excluding hydrogens is 472 g/mol. The number of ether oxygens (including phenoxy) is 1. The number of thiocarbonyl (C=S) groups is 1. The van der Waals surface area contributed by atoms with Crippen LogP contribution in [0, 0.1) is 13.8 Å². The van der Waals surface area contributed by atoms with Crippen molar-refractivity contribution in [3.05, 3.63) is 41.6 Å². The Hall–Kier alpha value is -2.96. The highest BCUT2D eigenvalue weighted by Crippen LogP contribution is 2.25. The van der Waals surface area contributed by atoms with Gasteiger partial charge in [0.05, 0.1) is 18.4 Å². The van der Waals surface area contributed by atoms with Gasteiger partial charge in [0.2, 0.25) is 5.91 Å². The van der Waals surface area contributed by atoms with Crippen LogP contribution in [0.25, 0.3) is 11.5 Å². The predicted octanol–water partition coefficient (Wildman–Crippen LogP) is 2.58. The van der Waals surface area contributed by atoms with Crippen LogP contribution in [0.15, 0.2) is 35.6 Å². The molecule has 3 N–H and O–H groups in total. The average Bonchev–Trinajstić information content (AvgIpc) is 3.56. The van der Waals surface area contributed by atoms with Crippen LogP contribution in [0.1, 0.15) is 24.0 Å². The van der Waals surface area contributed by atoms with Crippen molar-refractivity contribution >= 4 is 40.7 Å². The Morgan fingerprint density at radius 1 is 1.26 bits per heavy atom. The molecule has 1 atom stereocenters. The van der Waals surface area contributed by atoms with Gasteiger partial charge in [-0.05, 0) is 62.2 Å². The summed E-state index contributed by atoms with van der Waals surface area (Å²) in [7, 11) is 1.86. The molecular formula is C22H28N8O2S2. The van der Waals surface area contributed by atoms with Gasteiger partial charge in [0.1, 0.15) is 5.69 Å². The maximum atomic E-state index is 12.5. The zero-order valence-electron chi connectivity index (χ0n) is 19.4. The largest absolute Gasteiger partial charge is 0.376 e. The molecule has 10 nitrogen and oxygen atoms in total. The van der Waals surface area contributed by atoms with Crippen LogP contribution in [0.4, 0.5) is 5.69 Å². The van der Waals surface area contributed by atoms with Gasteiger partial charge in [-0.2, -0.15) is 5.10 Å². The first-order chi connectivity index (χ1) is 16.4. The molecule has 180 valence electrons. The monoisotopic (exact) mass is 500 g/mol. The number of aromatic nitrogens is 5. The number of hydrazine groups is 1. The first-order valence-electron chi connectivity index (χ1n) is 11.0. The summed E-state index contributed by atoms with van der Waals surface area (Å²) in [5, 5.41) is 17.2. The zero-order valence-corrected chi connectivity index (χ0v) is 21.0. The number of carbonyl (C=O) groups is 1. The van der Waals surface area contributed by atoms with Crippen LogP contribution in [-0.4, -0.2) is 54.0 Å². The maximum absolute atomic E-state index is 12.5. The van der Waals surface area contributed by atoms with Crippen molar-refractivity contribution in [1.29, 1.82) is 0 Å². The van der Waals surface area contributed by atoms with Crippen LogP contribution in [0.5, 0.6) is 0 Å². The third-order valence-corrected chi connectivity index (χ3v) is 6.74. The minimum atomic E-state index is -0.235. The van der Waals surface area contributed by atoms with Gasteiger partial charge in [0.25, 0.3) is 0 Å². The van der Waals surface area contributed by atoms with Crippen molar-refractivity contribution in [2.75, 3.05) is 17.7 Å². The molecule has 1 fully saturated rings. The van der Waals surface area contributed by atoms with Crippen molar-refractivity contribution < 1.29 is 9.53 Å². The van der Waals surface area contributed by atoms with E-state index < -0.39 is 0 Å². The smallest absolute Gasteiger partial charge is 0.248 e. The zero-order chi connectivity index (χ0) is 24.1. The number of anilines is 1. The van der Waals surface area contributed by atoms with Gasteiger partial charge < -0.3 is 10.1 Å². The number of nitrogens with one attached hydrogen (secondary N) is 3. The number of rotatable bonds is 7. The highest BCUT2D eigenvalue weighted by molar-refractivity contribution is 7.99. The van der Waals surface area contributed by atoms with Crippen molar-refractivity contribution in [3.8, 4) is 11.5 Å². The van der Waals surface area contributed by atoms with Gasteiger partial charge >= 0.3 is 0 Å². The Balaban J connectivity index is 1.35. The second-order valence-electron chi connectivity index (χ2n) is 8.09. The van der Waals surface area contributed by atoms with E-state index in [9.17, 15) is 4.79 Å². The van der Waals surface area contributed by atoms with Crippen molar-refractivity contribution in [2.24, 2.45) is 7.05 Å².